The highest BCUT2D eigenvalue weighted by atomic mass is 32.2. The van der Waals surface area contributed by atoms with E-state index in [-0.39, 0.29) is 18.4 Å². The highest BCUT2D eigenvalue weighted by Gasteiger charge is 2.21. The van der Waals surface area contributed by atoms with Crippen LogP contribution in [0.4, 0.5) is 11.4 Å². The van der Waals surface area contributed by atoms with Crippen molar-refractivity contribution >= 4 is 27.3 Å². The minimum atomic E-state index is -3.51. The molecule has 7 heteroatoms. The standard InChI is InChI=1S/C30H31N3O3S/c1-22(2)28-6-4-5-7-29(28)33(37(3,35)36)21-25-8-12-26(13-9-25)30(34)32-27-14-10-23(11-15-27)20-24-16-18-31-19-17-24/h4-19,22H,20-21H2,1-3H3,(H,32,34). The van der Waals surface area contributed by atoms with E-state index in [2.05, 4.69) is 10.3 Å². The number of carbonyl (C=O) groups excluding carboxylic acids is 1. The number of benzene rings is 3. The Labute approximate surface area is 219 Å². The summed E-state index contributed by atoms with van der Waals surface area (Å²) < 4.78 is 26.8. The van der Waals surface area contributed by atoms with Crippen LogP contribution >= 0.6 is 0 Å². The lowest BCUT2D eigenvalue weighted by Gasteiger charge is -2.26. The molecule has 0 atom stereocenters. The van der Waals surface area contributed by atoms with E-state index in [9.17, 15) is 13.2 Å². The fraction of sp³-hybridized carbons (Fsp3) is 0.200. The van der Waals surface area contributed by atoms with E-state index < -0.39 is 10.0 Å². The van der Waals surface area contributed by atoms with Gasteiger partial charge in [0.1, 0.15) is 0 Å². The lowest BCUT2D eigenvalue weighted by Crippen LogP contribution is -2.30. The van der Waals surface area contributed by atoms with Crippen LogP contribution in [0.1, 0.15) is 52.4 Å². The van der Waals surface area contributed by atoms with E-state index in [0.29, 0.717) is 16.9 Å². The summed E-state index contributed by atoms with van der Waals surface area (Å²) in [6.45, 7) is 4.27. The zero-order valence-electron chi connectivity index (χ0n) is 21.3. The average Bonchev–Trinajstić information content (AvgIpc) is 2.88. The lowest BCUT2D eigenvalue weighted by atomic mass is 10.0. The quantitative estimate of drug-likeness (QED) is 0.297. The van der Waals surface area contributed by atoms with Crippen LogP contribution in [-0.4, -0.2) is 25.6 Å². The molecule has 4 rings (SSSR count). The van der Waals surface area contributed by atoms with Gasteiger partial charge in [0, 0.05) is 23.6 Å². The van der Waals surface area contributed by atoms with Gasteiger partial charge in [0.15, 0.2) is 0 Å². The van der Waals surface area contributed by atoms with E-state index in [4.69, 9.17) is 0 Å². The minimum absolute atomic E-state index is 0.177. The molecule has 0 saturated heterocycles. The molecule has 6 nitrogen and oxygen atoms in total. The number of hydrogen-bond acceptors (Lipinski definition) is 4. The summed E-state index contributed by atoms with van der Waals surface area (Å²) in [6.07, 6.45) is 5.57. The second-order valence-electron chi connectivity index (χ2n) is 9.36. The van der Waals surface area contributed by atoms with Gasteiger partial charge in [-0.25, -0.2) is 8.42 Å². The van der Waals surface area contributed by atoms with Crippen molar-refractivity contribution in [3.05, 3.63) is 125 Å². The number of nitrogens with zero attached hydrogens (tertiary/aromatic N) is 2. The monoisotopic (exact) mass is 513 g/mol. The van der Waals surface area contributed by atoms with Crippen molar-refractivity contribution in [3.63, 3.8) is 0 Å². The number of para-hydroxylation sites is 1. The summed E-state index contributed by atoms with van der Waals surface area (Å²) in [6, 6.07) is 26.3. The topological polar surface area (TPSA) is 79.4 Å². The van der Waals surface area contributed by atoms with Gasteiger partial charge in [-0.3, -0.25) is 14.1 Å². The fourth-order valence-corrected chi connectivity index (χ4v) is 5.06. The van der Waals surface area contributed by atoms with Crippen molar-refractivity contribution in [2.75, 3.05) is 15.9 Å². The van der Waals surface area contributed by atoms with Gasteiger partial charge in [-0.05, 0) is 77.1 Å². The highest BCUT2D eigenvalue weighted by molar-refractivity contribution is 7.92. The van der Waals surface area contributed by atoms with Crippen molar-refractivity contribution in [1.29, 1.82) is 0 Å². The van der Waals surface area contributed by atoms with Gasteiger partial charge in [0.05, 0.1) is 18.5 Å². The molecule has 1 amide bonds. The van der Waals surface area contributed by atoms with Gasteiger partial charge in [0.25, 0.3) is 5.91 Å². The molecule has 0 aliphatic carbocycles. The molecule has 0 spiro atoms. The van der Waals surface area contributed by atoms with Gasteiger partial charge in [0.2, 0.25) is 10.0 Å². The van der Waals surface area contributed by atoms with Crippen LogP contribution in [-0.2, 0) is 23.0 Å². The summed E-state index contributed by atoms with van der Waals surface area (Å²) in [5.41, 5.74) is 5.96. The molecule has 0 aliphatic heterocycles. The molecule has 4 aromatic rings. The maximum Gasteiger partial charge on any atom is 0.255 e. The molecule has 0 unspecified atom stereocenters. The molecule has 1 heterocycles. The van der Waals surface area contributed by atoms with E-state index in [0.717, 1.165) is 23.1 Å². The second-order valence-corrected chi connectivity index (χ2v) is 11.3. The first kappa shape index (κ1) is 26.1. The van der Waals surface area contributed by atoms with Crippen LogP contribution in [0.5, 0.6) is 0 Å². The molecule has 3 aromatic carbocycles. The predicted molar refractivity (Wildman–Crippen MR) is 149 cm³/mol. The number of nitrogens with one attached hydrogen (secondary N) is 1. The van der Waals surface area contributed by atoms with Crippen LogP contribution in [0.3, 0.4) is 0 Å². The SMILES string of the molecule is CC(C)c1ccccc1N(Cc1ccc(C(=O)Nc2ccc(Cc3ccncc3)cc2)cc1)S(C)(=O)=O. The Morgan fingerprint density at radius 2 is 1.43 bits per heavy atom. The molecule has 0 saturated carbocycles. The van der Waals surface area contributed by atoms with Gasteiger partial charge >= 0.3 is 0 Å². The maximum atomic E-state index is 12.8. The van der Waals surface area contributed by atoms with Crippen LogP contribution in [0, 0.1) is 0 Å². The number of anilines is 2. The fourth-order valence-electron chi connectivity index (χ4n) is 4.16. The van der Waals surface area contributed by atoms with Gasteiger partial charge in [-0.15, -0.1) is 0 Å². The summed E-state index contributed by atoms with van der Waals surface area (Å²) in [7, 11) is -3.51. The average molecular weight is 514 g/mol. The molecule has 37 heavy (non-hydrogen) atoms. The first-order chi connectivity index (χ1) is 17.7. The number of carbonyl (C=O) groups is 1. The molecule has 190 valence electrons. The van der Waals surface area contributed by atoms with E-state index in [1.165, 1.54) is 16.1 Å². The largest absolute Gasteiger partial charge is 0.322 e. The predicted octanol–water partition coefficient (Wildman–Crippen LogP) is 6.01. The van der Waals surface area contributed by atoms with Crippen LogP contribution < -0.4 is 9.62 Å². The maximum absolute atomic E-state index is 12.8. The number of rotatable bonds is 9. The lowest BCUT2D eigenvalue weighted by molar-refractivity contribution is 0.102. The number of amides is 1. The smallest absolute Gasteiger partial charge is 0.255 e. The summed E-state index contributed by atoms with van der Waals surface area (Å²) in [5.74, 6) is -0.0465. The molecule has 0 aliphatic rings. The number of pyridine rings is 1. The second kappa shape index (κ2) is 11.4. The molecular formula is C30H31N3O3S. The molecule has 1 aromatic heterocycles. The first-order valence-corrected chi connectivity index (χ1v) is 14.0. The van der Waals surface area contributed by atoms with Crippen molar-refractivity contribution in [3.8, 4) is 0 Å². The third kappa shape index (κ3) is 6.83. The van der Waals surface area contributed by atoms with E-state index in [1.807, 2.05) is 74.5 Å². The molecule has 0 bridgehead atoms. The summed E-state index contributed by atoms with van der Waals surface area (Å²) in [4.78, 5) is 16.8. The van der Waals surface area contributed by atoms with Crippen molar-refractivity contribution < 1.29 is 13.2 Å². The normalized spacial score (nSPS) is 11.4. The molecule has 0 radical (unpaired) electrons. The van der Waals surface area contributed by atoms with Gasteiger partial charge in [-0.1, -0.05) is 56.3 Å². The van der Waals surface area contributed by atoms with E-state index in [1.54, 1.807) is 36.7 Å². The zero-order valence-corrected chi connectivity index (χ0v) is 22.1. The zero-order chi connectivity index (χ0) is 26.4. The van der Waals surface area contributed by atoms with Crippen LogP contribution in [0.2, 0.25) is 0 Å². The minimum Gasteiger partial charge on any atom is -0.322 e. The third-order valence-electron chi connectivity index (χ3n) is 6.14. The van der Waals surface area contributed by atoms with Gasteiger partial charge in [-0.2, -0.15) is 0 Å². The third-order valence-corrected chi connectivity index (χ3v) is 7.27. The van der Waals surface area contributed by atoms with E-state index >= 15 is 0 Å². The number of hydrogen-bond donors (Lipinski definition) is 1. The van der Waals surface area contributed by atoms with Crippen molar-refractivity contribution in [2.45, 2.75) is 32.7 Å². The van der Waals surface area contributed by atoms with Gasteiger partial charge < -0.3 is 5.32 Å². The van der Waals surface area contributed by atoms with Crippen molar-refractivity contribution in [1.82, 2.24) is 4.98 Å². The van der Waals surface area contributed by atoms with Crippen LogP contribution in [0.15, 0.2) is 97.3 Å². The van der Waals surface area contributed by atoms with Crippen molar-refractivity contribution in [2.24, 2.45) is 0 Å². The highest BCUT2D eigenvalue weighted by Crippen LogP contribution is 2.30. The molecular weight excluding hydrogens is 482 g/mol. The Morgan fingerprint density at radius 3 is 2.05 bits per heavy atom. The molecule has 1 N–H and O–H groups in total. The number of sulfonamides is 1. The Hall–Kier alpha value is -3.97. The summed E-state index contributed by atoms with van der Waals surface area (Å²) >= 11 is 0. The Kier molecular flexibility index (Phi) is 8.04. The Balaban J connectivity index is 1.44. The Morgan fingerprint density at radius 1 is 0.838 bits per heavy atom. The van der Waals surface area contributed by atoms with Crippen LogP contribution in [0.25, 0.3) is 0 Å². The first-order valence-electron chi connectivity index (χ1n) is 12.2. The summed E-state index contributed by atoms with van der Waals surface area (Å²) in [5, 5.41) is 2.92. The Bertz CT molecular complexity index is 1450. The molecule has 0 fully saturated rings. The number of aromatic nitrogens is 1.